The van der Waals surface area contributed by atoms with E-state index < -0.39 is 0 Å². The molecule has 0 saturated heterocycles. The van der Waals surface area contributed by atoms with Crippen molar-refractivity contribution in [3.8, 4) is 0 Å². The summed E-state index contributed by atoms with van der Waals surface area (Å²) in [4.78, 5) is 0. The van der Waals surface area contributed by atoms with Crippen LogP contribution < -0.4 is 0 Å². The van der Waals surface area contributed by atoms with Crippen LogP contribution in [0.4, 0.5) is 0 Å². The quantitative estimate of drug-likeness (QED) is 0.772. The number of tetrazole rings is 1. The van der Waals surface area contributed by atoms with Gasteiger partial charge in [-0.05, 0) is 28.5 Å². The zero-order valence-corrected chi connectivity index (χ0v) is 10.3. The van der Waals surface area contributed by atoms with Crippen LogP contribution >= 0.6 is 11.8 Å². The first-order valence-corrected chi connectivity index (χ1v) is 5.79. The van der Waals surface area contributed by atoms with Gasteiger partial charge in [-0.3, -0.25) is 0 Å². The summed E-state index contributed by atoms with van der Waals surface area (Å²) in [6.45, 7) is 8.85. The zero-order valence-electron chi connectivity index (χ0n) is 9.48. The van der Waals surface area contributed by atoms with Gasteiger partial charge in [0, 0.05) is 7.05 Å². The highest BCUT2D eigenvalue weighted by Crippen LogP contribution is 2.31. The fourth-order valence-electron chi connectivity index (χ4n) is 1.03. The molecule has 0 aliphatic carbocycles. The number of thioether (sulfide) groups is 1. The minimum absolute atomic E-state index is 0.352. The van der Waals surface area contributed by atoms with E-state index in [0.29, 0.717) is 10.7 Å². The molecule has 14 heavy (non-hydrogen) atoms. The molecule has 0 spiro atoms. The maximum atomic E-state index is 4.00. The summed E-state index contributed by atoms with van der Waals surface area (Å²) in [6.07, 6.45) is 0. The summed E-state index contributed by atoms with van der Waals surface area (Å²) in [5.41, 5.74) is 0.352. The summed E-state index contributed by atoms with van der Waals surface area (Å²) in [7, 11) is 1.88. The van der Waals surface area contributed by atoms with Gasteiger partial charge in [0.2, 0.25) is 0 Å². The summed E-state index contributed by atoms with van der Waals surface area (Å²) >= 11 is 1.89. The van der Waals surface area contributed by atoms with Gasteiger partial charge < -0.3 is 0 Å². The van der Waals surface area contributed by atoms with Crippen molar-refractivity contribution in [1.82, 2.24) is 20.2 Å². The van der Waals surface area contributed by atoms with Crippen LogP contribution in [0.15, 0.2) is 0 Å². The Morgan fingerprint density at radius 2 is 2.07 bits per heavy atom. The van der Waals surface area contributed by atoms with E-state index in [1.54, 1.807) is 4.68 Å². The molecule has 0 N–H and O–H groups in total. The molecular formula is C9H18N4S. The number of nitrogens with zero attached hydrogens (tertiary/aromatic N) is 4. The largest absolute Gasteiger partial charge is 0.232 e. The van der Waals surface area contributed by atoms with Gasteiger partial charge in [0.05, 0.1) is 5.25 Å². The van der Waals surface area contributed by atoms with Gasteiger partial charge >= 0.3 is 0 Å². The average molecular weight is 214 g/mol. The van der Waals surface area contributed by atoms with Crippen molar-refractivity contribution in [2.75, 3.05) is 5.75 Å². The van der Waals surface area contributed by atoms with Crippen molar-refractivity contribution in [3.05, 3.63) is 5.82 Å². The summed E-state index contributed by atoms with van der Waals surface area (Å²) in [5, 5.41) is 11.8. The molecule has 0 aliphatic rings. The molecule has 0 radical (unpaired) electrons. The molecule has 80 valence electrons. The third kappa shape index (κ3) is 3.29. The van der Waals surface area contributed by atoms with Crippen molar-refractivity contribution in [2.24, 2.45) is 12.5 Å². The first-order valence-electron chi connectivity index (χ1n) is 4.74. The number of aromatic nitrogens is 4. The van der Waals surface area contributed by atoms with E-state index >= 15 is 0 Å². The molecule has 1 aromatic heterocycles. The molecule has 1 atom stereocenters. The molecule has 0 amide bonds. The van der Waals surface area contributed by atoms with Gasteiger partial charge in [0.1, 0.15) is 0 Å². The Morgan fingerprint density at radius 3 is 2.50 bits per heavy atom. The van der Waals surface area contributed by atoms with Crippen molar-refractivity contribution in [1.29, 1.82) is 0 Å². The molecule has 1 aromatic rings. The number of hydrogen-bond acceptors (Lipinski definition) is 4. The minimum atomic E-state index is 0.352. The van der Waals surface area contributed by atoms with Crippen LogP contribution in [0, 0.1) is 5.41 Å². The van der Waals surface area contributed by atoms with Crippen molar-refractivity contribution >= 4 is 11.8 Å². The van der Waals surface area contributed by atoms with E-state index in [2.05, 4.69) is 43.2 Å². The van der Waals surface area contributed by atoms with Gasteiger partial charge in [-0.25, -0.2) is 4.68 Å². The lowest BCUT2D eigenvalue weighted by molar-refractivity contribution is 0.480. The van der Waals surface area contributed by atoms with E-state index in [-0.39, 0.29) is 0 Å². The van der Waals surface area contributed by atoms with Crippen LogP contribution in [-0.2, 0) is 7.05 Å². The van der Waals surface area contributed by atoms with E-state index in [4.69, 9.17) is 0 Å². The Hall–Kier alpha value is -0.580. The normalized spacial score (nSPS) is 14.4. The Morgan fingerprint density at radius 1 is 1.43 bits per heavy atom. The second-order valence-electron chi connectivity index (χ2n) is 4.67. The molecule has 1 heterocycles. The van der Waals surface area contributed by atoms with Crippen LogP contribution in [0.5, 0.6) is 0 Å². The standard InChI is InChI=1S/C9H18N4S/c1-7(14-6-9(2,3)4)8-10-11-12-13(8)5/h7H,6H2,1-5H3/t7-/m1/s1. The fraction of sp³-hybridized carbons (Fsp3) is 0.889. The average Bonchev–Trinajstić information content (AvgIpc) is 2.46. The van der Waals surface area contributed by atoms with Crippen LogP contribution in [-0.4, -0.2) is 26.0 Å². The Labute approximate surface area is 89.5 Å². The molecule has 0 aliphatic heterocycles. The van der Waals surface area contributed by atoms with Crippen LogP contribution in [0.3, 0.4) is 0 Å². The summed E-state index contributed by atoms with van der Waals surface area (Å²) < 4.78 is 1.74. The number of rotatable bonds is 3. The van der Waals surface area contributed by atoms with Crippen LogP contribution in [0.2, 0.25) is 0 Å². The SMILES string of the molecule is C[C@@H](SCC(C)(C)C)c1nnnn1C. The highest BCUT2D eigenvalue weighted by atomic mass is 32.2. The second kappa shape index (κ2) is 4.29. The Kier molecular flexibility index (Phi) is 3.53. The van der Waals surface area contributed by atoms with Gasteiger partial charge in [-0.2, -0.15) is 11.8 Å². The lowest BCUT2D eigenvalue weighted by Gasteiger charge is -2.19. The van der Waals surface area contributed by atoms with Gasteiger partial charge in [-0.15, -0.1) is 5.10 Å². The van der Waals surface area contributed by atoms with E-state index in [1.807, 2.05) is 18.8 Å². The molecule has 0 saturated carbocycles. The predicted molar refractivity (Wildman–Crippen MR) is 59.1 cm³/mol. The summed E-state index contributed by atoms with van der Waals surface area (Å²) in [5.74, 6) is 2.06. The van der Waals surface area contributed by atoms with Crippen molar-refractivity contribution < 1.29 is 0 Å². The highest BCUT2D eigenvalue weighted by molar-refractivity contribution is 7.99. The van der Waals surface area contributed by atoms with Crippen molar-refractivity contribution in [3.63, 3.8) is 0 Å². The Balaban J connectivity index is 2.51. The highest BCUT2D eigenvalue weighted by Gasteiger charge is 2.17. The van der Waals surface area contributed by atoms with E-state index in [1.165, 1.54) is 0 Å². The van der Waals surface area contributed by atoms with Gasteiger partial charge in [0.25, 0.3) is 0 Å². The van der Waals surface area contributed by atoms with Gasteiger partial charge in [0.15, 0.2) is 5.82 Å². The molecule has 1 rings (SSSR count). The predicted octanol–water partition coefficient (Wildman–Crippen LogP) is 2.05. The smallest absolute Gasteiger partial charge is 0.163 e. The van der Waals surface area contributed by atoms with Crippen LogP contribution in [0.1, 0.15) is 38.8 Å². The first-order chi connectivity index (χ1) is 6.40. The second-order valence-corrected chi connectivity index (χ2v) is 6.00. The zero-order chi connectivity index (χ0) is 10.8. The topological polar surface area (TPSA) is 43.6 Å². The molecular weight excluding hydrogens is 196 g/mol. The third-order valence-electron chi connectivity index (χ3n) is 1.78. The summed E-state index contributed by atoms with van der Waals surface area (Å²) in [6, 6.07) is 0. The third-order valence-corrected chi connectivity index (χ3v) is 3.53. The fourth-order valence-corrected chi connectivity index (χ4v) is 2.13. The number of aryl methyl sites for hydroxylation is 1. The minimum Gasteiger partial charge on any atom is -0.232 e. The molecule has 0 fully saturated rings. The molecule has 5 heteroatoms. The Bertz CT molecular complexity index is 289. The maximum absolute atomic E-state index is 4.00. The molecule has 0 aromatic carbocycles. The molecule has 0 unspecified atom stereocenters. The lowest BCUT2D eigenvalue weighted by atomic mass is 10.0. The maximum Gasteiger partial charge on any atom is 0.163 e. The molecule has 4 nitrogen and oxygen atoms in total. The van der Waals surface area contributed by atoms with Crippen molar-refractivity contribution in [2.45, 2.75) is 32.9 Å². The van der Waals surface area contributed by atoms with E-state index in [9.17, 15) is 0 Å². The van der Waals surface area contributed by atoms with Gasteiger partial charge in [-0.1, -0.05) is 20.8 Å². The monoisotopic (exact) mass is 214 g/mol. The number of hydrogen-bond donors (Lipinski definition) is 0. The lowest BCUT2D eigenvalue weighted by Crippen LogP contribution is -2.11. The van der Waals surface area contributed by atoms with Crippen LogP contribution in [0.25, 0.3) is 0 Å². The molecule has 0 bridgehead atoms. The van der Waals surface area contributed by atoms with E-state index in [0.717, 1.165) is 11.6 Å². The first kappa shape index (κ1) is 11.5.